The van der Waals surface area contributed by atoms with Gasteiger partial charge in [-0.2, -0.15) is 0 Å². The molecule has 0 N–H and O–H groups in total. The Bertz CT molecular complexity index is 322. The zero-order valence-corrected chi connectivity index (χ0v) is 15.8. The minimum Gasteiger partial charge on any atom is -0.469 e. The van der Waals surface area contributed by atoms with Gasteiger partial charge in [-0.1, -0.05) is 0 Å². The van der Waals surface area contributed by atoms with E-state index in [1.165, 1.54) is 14.2 Å². The van der Waals surface area contributed by atoms with Crippen molar-refractivity contribution in [3.8, 4) is 0 Å². The van der Waals surface area contributed by atoms with Crippen molar-refractivity contribution in [1.82, 2.24) is 4.90 Å². The zero-order valence-electron chi connectivity index (χ0n) is 14.8. The summed E-state index contributed by atoms with van der Waals surface area (Å²) in [6.07, 6.45) is 1.32. The maximum Gasteiger partial charge on any atom is 0.500 e. The number of nitrogens with zero attached hydrogens (tertiary/aromatic N) is 1. The van der Waals surface area contributed by atoms with Gasteiger partial charge in [0.2, 0.25) is 0 Å². The third-order valence-corrected chi connectivity index (χ3v) is 6.44. The normalized spacial score (nSPS) is 11.6. The number of carbonyl (C=O) groups excluding carboxylic acids is 2. The molecule has 23 heavy (non-hydrogen) atoms. The van der Waals surface area contributed by atoms with E-state index in [-0.39, 0.29) is 24.8 Å². The number of carbonyl (C=O) groups is 2. The van der Waals surface area contributed by atoms with Crippen LogP contribution in [0.5, 0.6) is 0 Å². The van der Waals surface area contributed by atoms with E-state index in [0.717, 1.165) is 6.42 Å². The highest BCUT2D eigenvalue weighted by molar-refractivity contribution is 6.60. The number of hydrogen-bond donors (Lipinski definition) is 0. The maximum absolute atomic E-state index is 11.3. The van der Waals surface area contributed by atoms with Gasteiger partial charge in [-0.25, -0.2) is 0 Å². The predicted octanol–water partition coefficient (Wildman–Crippen LogP) is 0.683. The second kappa shape index (κ2) is 12.4. The summed E-state index contributed by atoms with van der Waals surface area (Å²) in [5.41, 5.74) is 0. The summed E-state index contributed by atoms with van der Waals surface area (Å²) < 4.78 is 25.4. The number of rotatable bonds is 13. The van der Waals surface area contributed by atoms with Crippen LogP contribution in [0.15, 0.2) is 0 Å². The molecule has 0 unspecified atom stereocenters. The Hall–Kier alpha value is -1.00. The summed E-state index contributed by atoms with van der Waals surface area (Å²) in [7, 11) is 4.84. The molecule has 0 saturated carbocycles. The van der Waals surface area contributed by atoms with E-state index in [9.17, 15) is 9.59 Å². The van der Waals surface area contributed by atoms with Crippen LogP contribution in [-0.4, -0.2) is 80.8 Å². The molecule has 9 heteroatoms. The minimum atomic E-state index is -2.60. The lowest BCUT2D eigenvalue weighted by molar-refractivity contribution is -0.141. The van der Waals surface area contributed by atoms with E-state index in [4.69, 9.17) is 13.3 Å². The molecule has 0 aliphatic heterocycles. The molecule has 0 aromatic rings. The Balaban J connectivity index is 4.43. The molecule has 0 radical (unpaired) electrons. The van der Waals surface area contributed by atoms with Crippen LogP contribution in [0.4, 0.5) is 0 Å². The van der Waals surface area contributed by atoms with Crippen LogP contribution in [0.3, 0.4) is 0 Å². The number of ether oxygens (including phenoxy) is 2. The molecule has 0 spiro atoms. The highest BCUT2D eigenvalue weighted by Gasteiger charge is 2.37. The number of esters is 2. The van der Waals surface area contributed by atoms with Gasteiger partial charge in [-0.15, -0.1) is 0 Å². The highest BCUT2D eigenvalue weighted by Crippen LogP contribution is 2.15. The largest absolute Gasteiger partial charge is 0.500 e. The van der Waals surface area contributed by atoms with E-state index in [0.29, 0.717) is 25.7 Å². The summed E-state index contributed by atoms with van der Waals surface area (Å²) >= 11 is 0. The zero-order chi connectivity index (χ0) is 17.7. The molecule has 136 valence electrons. The molecule has 0 aliphatic rings. The fourth-order valence-electron chi connectivity index (χ4n) is 2.11. The molecular formula is C14H29NO7Si. The van der Waals surface area contributed by atoms with Crippen molar-refractivity contribution in [3.05, 3.63) is 0 Å². The van der Waals surface area contributed by atoms with E-state index in [1.807, 2.05) is 4.90 Å². The SMILES string of the molecule is COC(=O)CCN(CCC[Si](OC)(OC)OC)CCC(=O)OC. The van der Waals surface area contributed by atoms with Crippen LogP contribution < -0.4 is 0 Å². The van der Waals surface area contributed by atoms with E-state index in [1.54, 1.807) is 21.3 Å². The van der Waals surface area contributed by atoms with Gasteiger partial charge in [-0.3, -0.25) is 9.59 Å². The fraction of sp³-hybridized carbons (Fsp3) is 0.857. The highest BCUT2D eigenvalue weighted by atomic mass is 28.4. The standard InChI is InChI=1S/C14H29NO7Si/c1-18-13(16)7-10-15(11-8-14(17)19-2)9-6-12-23(20-3,21-4)22-5/h6-12H2,1-5H3. The Morgan fingerprint density at radius 3 is 1.57 bits per heavy atom. The monoisotopic (exact) mass is 351 g/mol. The van der Waals surface area contributed by atoms with Gasteiger partial charge >= 0.3 is 20.7 Å². The van der Waals surface area contributed by atoms with Crippen molar-refractivity contribution >= 4 is 20.7 Å². The van der Waals surface area contributed by atoms with E-state index in [2.05, 4.69) is 9.47 Å². The van der Waals surface area contributed by atoms with Crippen molar-refractivity contribution in [2.45, 2.75) is 25.3 Å². The lowest BCUT2D eigenvalue weighted by atomic mass is 10.3. The first-order valence-electron chi connectivity index (χ1n) is 7.48. The van der Waals surface area contributed by atoms with Crippen molar-refractivity contribution in [2.75, 3.05) is 55.2 Å². The van der Waals surface area contributed by atoms with Gasteiger partial charge < -0.3 is 27.7 Å². The summed E-state index contributed by atoms with van der Waals surface area (Å²) in [6.45, 7) is 1.73. The Kier molecular flexibility index (Phi) is 11.9. The van der Waals surface area contributed by atoms with Crippen LogP contribution in [-0.2, 0) is 32.3 Å². The van der Waals surface area contributed by atoms with Crippen LogP contribution in [0, 0.1) is 0 Å². The lowest BCUT2D eigenvalue weighted by Crippen LogP contribution is -2.43. The summed E-state index contributed by atoms with van der Waals surface area (Å²) in [4.78, 5) is 24.6. The summed E-state index contributed by atoms with van der Waals surface area (Å²) in [6, 6.07) is 0.656. The quantitative estimate of drug-likeness (QED) is 0.354. The van der Waals surface area contributed by atoms with Crippen LogP contribution in [0.25, 0.3) is 0 Å². The van der Waals surface area contributed by atoms with Gasteiger partial charge in [0.1, 0.15) is 0 Å². The van der Waals surface area contributed by atoms with Gasteiger partial charge in [0, 0.05) is 40.5 Å². The first-order valence-corrected chi connectivity index (χ1v) is 9.41. The molecule has 0 aliphatic carbocycles. The van der Waals surface area contributed by atoms with Crippen molar-refractivity contribution < 1.29 is 32.3 Å². The molecule has 0 aromatic heterocycles. The number of hydrogen-bond acceptors (Lipinski definition) is 8. The van der Waals surface area contributed by atoms with E-state index < -0.39 is 8.80 Å². The van der Waals surface area contributed by atoms with E-state index >= 15 is 0 Å². The topological polar surface area (TPSA) is 83.5 Å². The first-order chi connectivity index (χ1) is 11.0. The Morgan fingerprint density at radius 2 is 1.22 bits per heavy atom. The molecule has 0 aromatic carbocycles. The average molecular weight is 351 g/mol. The molecule has 0 rings (SSSR count). The Morgan fingerprint density at radius 1 is 0.783 bits per heavy atom. The van der Waals surface area contributed by atoms with Gasteiger partial charge in [0.05, 0.1) is 27.1 Å². The van der Waals surface area contributed by atoms with Crippen molar-refractivity contribution in [2.24, 2.45) is 0 Å². The smallest absolute Gasteiger partial charge is 0.469 e. The number of methoxy groups -OCH3 is 2. The van der Waals surface area contributed by atoms with Crippen LogP contribution in [0.2, 0.25) is 6.04 Å². The van der Waals surface area contributed by atoms with Gasteiger partial charge in [0.15, 0.2) is 0 Å². The first kappa shape index (κ1) is 22.0. The van der Waals surface area contributed by atoms with Crippen LogP contribution >= 0.6 is 0 Å². The molecular weight excluding hydrogens is 322 g/mol. The minimum absolute atomic E-state index is 0.275. The lowest BCUT2D eigenvalue weighted by Gasteiger charge is -2.26. The Labute approximate surface area is 139 Å². The molecule has 0 bridgehead atoms. The van der Waals surface area contributed by atoms with Crippen LogP contribution in [0.1, 0.15) is 19.3 Å². The van der Waals surface area contributed by atoms with Gasteiger partial charge in [-0.05, 0) is 13.0 Å². The molecule has 0 saturated heterocycles. The predicted molar refractivity (Wildman–Crippen MR) is 85.9 cm³/mol. The molecule has 0 atom stereocenters. The fourth-order valence-corrected chi connectivity index (χ4v) is 3.82. The van der Waals surface area contributed by atoms with Gasteiger partial charge in [0.25, 0.3) is 0 Å². The third kappa shape index (κ3) is 9.01. The average Bonchev–Trinajstić information content (AvgIpc) is 2.60. The third-order valence-electron chi connectivity index (χ3n) is 3.61. The molecule has 0 fully saturated rings. The van der Waals surface area contributed by atoms with Crippen molar-refractivity contribution in [1.29, 1.82) is 0 Å². The maximum atomic E-state index is 11.3. The molecule has 0 amide bonds. The second-order valence-corrected chi connectivity index (χ2v) is 7.98. The second-order valence-electron chi connectivity index (χ2n) is 4.89. The molecule has 8 nitrogen and oxygen atoms in total. The molecule has 0 heterocycles. The summed E-state index contributed by atoms with van der Waals surface area (Å²) in [5, 5.41) is 0. The van der Waals surface area contributed by atoms with Crippen molar-refractivity contribution in [3.63, 3.8) is 0 Å². The summed E-state index contributed by atoms with van der Waals surface area (Å²) in [5.74, 6) is -0.551.